The summed E-state index contributed by atoms with van der Waals surface area (Å²) in [6.07, 6.45) is -2.70. The van der Waals surface area contributed by atoms with E-state index >= 15 is 0 Å². The first-order valence-electron chi connectivity index (χ1n) is 3.65. The molecular formula is C8H7ClF2O2S. The molecule has 1 aromatic rings. The molecule has 0 aliphatic rings. The Morgan fingerprint density at radius 2 is 1.86 bits per heavy atom. The van der Waals surface area contributed by atoms with E-state index in [2.05, 4.69) is 0 Å². The Bertz CT molecular complexity index is 443. The Morgan fingerprint density at radius 3 is 2.29 bits per heavy atom. The molecule has 0 spiro atoms. The lowest BCUT2D eigenvalue weighted by Crippen LogP contribution is -1.95. The average Bonchev–Trinajstić information content (AvgIpc) is 2.01. The molecule has 0 saturated heterocycles. The molecule has 14 heavy (non-hydrogen) atoms. The number of halogens is 3. The quantitative estimate of drug-likeness (QED) is 0.745. The van der Waals surface area contributed by atoms with Gasteiger partial charge in [0.2, 0.25) is 0 Å². The zero-order valence-corrected chi connectivity index (χ0v) is 8.74. The summed E-state index contributed by atoms with van der Waals surface area (Å²) in [4.78, 5) is -0.297. The Morgan fingerprint density at radius 1 is 1.29 bits per heavy atom. The van der Waals surface area contributed by atoms with Crippen LogP contribution in [0.5, 0.6) is 0 Å². The summed E-state index contributed by atoms with van der Waals surface area (Å²) >= 11 is 0. The molecule has 0 saturated carbocycles. The molecule has 0 aliphatic carbocycles. The number of benzene rings is 1. The predicted molar refractivity (Wildman–Crippen MR) is 49.2 cm³/mol. The lowest BCUT2D eigenvalue weighted by molar-refractivity contribution is 0.151. The Kier molecular flexibility index (Phi) is 3.11. The van der Waals surface area contributed by atoms with Crippen LogP contribution in [0.25, 0.3) is 0 Å². The van der Waals surface area contributed by atoms with E-state index in [1.54, 1.807) is 0 Å². The SMILES string of the molecule is Cc1cc(C(F)F)cc(S(=O)(=O)Cl)c1. The maximum absolute atomic E-state index is 12.3. The van der Waals surface area contributed by atoms with E-state index in [0.29, 0.717) is 5.56 Å². The van der Waals surface area contributed by atoms with Gasteiger partial charge in [-0.3, -0.25) is 0 Å². The largest absolute Gasteiger partial charge is 0.263 e. The lowest BCUT2D eigenvalue weighted by atomic mass is 10.1. The number of hydrogen-bond donors (Lipinski definition) is 0. The van der Waals surface area contributed by atoms with E-state index in [1.807, 2.05) is 0 Å². The summed E-state index contributed by atoms with van der Waals surface area (Å²) < 4.78 is 46.3. The molecule has 78 valence electrons. The van der Waals surface area contributed by atoms with Gasteiger partial charge >= 0.3 is 0 Å². The highest BCUT2D eigenvalue weighted by atomic mass is 35.7. The van der Waals surface area contributed by atoms with Crippen LogP contribution in [0.3, 0.4) is 0 Å². The van der Waals surface area contributed by atoms with Crippen molar-refractivity contribution in [1.29, 1.82) is 0 Å². The van der Waals surface area contributed by atoms with Gasteiger partial charge in [0, 0.05) is 16.2 Å². The minimum absolute atomic E-state index is 0.297. The van der Waals surface area contributed by atoms with Crippen LogP contribution in [0.4, 0.5) is 8.78 Å². The third-order valence-corrected chi connectivity index (χ3v) is 2.94. The molecule has 0 heterocycles. The number of alkyl halides is 2. The van der Waals surface area contributed by atoms with Crippen molar-refractivity contribution < 1.29 is 17.2 Å². The third kappa shape index (κ3) is 2.65. The summed E-state index contributed by atoms with van der Waals surface area (Å²) in [7, 11) is 1.09. The van der Waals surface area contributed by atoms with Gasteiger partial charge < -0.3 is 0 Å². The lowest BCUT2D eigenvalue weighted by Gasteiger charge is -2.03. The molecule has 0 bridgehead atoms. The van der Waals surface area contributed by atoms with Crippen molar-refractivity contribution >= 4 is 19.7 Å². The smallest absolute Gasteiger partial charge is 0.207 e. The summed E-state index contributed by atoms with van der Waals surface area (Å²) in [6, 6.07) is 3.34. The monoisotopic (exact) mass is 240 g/mol. The van der Waals surface area contributed by atoms with Gasteiger partial charge in [0.25, 0.3) is 15.5 Å². The van der Waals surface area contributed by atoms with Crippen molar-refractivity contribution in [3.8, 4) is 0 Å². The van der Waals surface area contributed by atoms with Crippen LogP contribution in [-0.2, 0) is 9.05 Å². The molecule has 0 radical (unpaired) electrons. The molecule has 2 nitrogen and oxygen atoms in total. The van der Waals surface area contributed by atoms with Crippen molar-refractivity contribution in [2.75, 3.05) is 0 Å². The summed E-state index contributed by atoms with van der Waals surface area (Å²) in [5, 5.41) is 0. The van der Waals surface area contributed by atoms with Crippen LogP contribution in [0.1, 0.15) is 17.6 Å². The van der Waals surface area contributed by atoms with Crippen LogP contribution >= 0.6 is 10.7 Å². The fourth-order valence-corrected chi connectivity index (χ4v) is 1.91. The number of rotatable bonds is 2. The van der Waals surface area contributed by atoms with Gasteiger partial charge in [-0.05, 0) is 24.6 Å². The third-order valence-electron chi connectivity index (χ3n) is 1.61. The minimum Gasteiger partial charge on any atom is -0.207 e. The molecule has 6 heteroatoms. The van der Waals surface area contributed by atoms with E-state index in [0.717, 1.165) is 6.07 Å². The van der Waals surface area contributed by atoms with Crippen molar-refractivity contribution in [2.45, 2.75) is 18.2 Å². The summed E-state index contributed by atoms with van der Waals surface area (Å²) in [5.74, 6) is 0. The highest BCUT2D eigenvalue weighted by Crippen LogP contribution is 2.25. The molecule has 0 N–H and O–H groups in total. The highest BCUT2D eigenvalue weighted by Gasteiger charge is 2.15. The number of aryl methyl sites for hydroxylation is 1. The second-order valence-corrected chi connectivity index (χ2v) is 5.38. The molecule has 1 rings (SSSR count). The van der Waals surface area contributed by atoms with E-state index in [1.165, 1.54) is 19.1 Å². The van der Waals surface area contributed by atoms with Crippen LogP contribution in [0.2, 0.25) is 0 Å². The Labute approximate surface area is 84.9 Å². The molecule has 0 fully saturated rings. The first kappa shape index (κ1) is 11.4. The van der Waals surface area contributed by atoms with Gasteiger partial charge in [-0.2, -0.15) is 0 Å². The standard InChI is InChI=1S/C8H7ClF2O2S/c1-5-2-6(8(10)11)4-7(3-5)14(9,12)13/h2-4,8H,1H3. The van der Waals surface area contributed by atoms with Crippen molar-refractivity contribution in [1.82, 2.24) is 0 Å². The van der Waals surface area contributed by atoms with Gasteiger partial charge in [0.15, 0.2) is 0 Å². The number of hydrogen-bond acceptors (Lipinski definition) is 2. The second kappa shape index (κ2) is 3.82. The van der Waals surface area contributed by atoms with Gasteiger partial charge in [0.05, 0.1) is 4.90 Å². The summed E-state index contributed by atoms with van der Waals surface area (Å²) in [5.41, 5.74) is 0.0891. The molecule has 0 atom stereocenters. The van der Waals surface area contributed by atoms with E-state index in [-0.39, 0.29) is 10.5 Å². The van der Waals surface area contributed by atoms with Crippen LogP contribution in [0.15, 0.2) is 23.1 Å². The zero-order valence-electron chi connectivity index (χ0n) is 7.17. The molecule has 0 aromatic heterocycles. The second-order valence-electron chi connectivity index (χ2n) is 2.82. The Hall–Kier alpha value is -0.680. The van der Waals surface area contributed by atoms with E-state index in [9.17, 15) is 17.2 Å². The minimum atomic E-state index is -3.94. The molecule has 0 unspecified atom stereocenters. The molecule has 1 aromatic carbocycles. The van der Waals surface area contributed by atoms with Crippen LogP contribution in [-0.4, -0.2) is 8.42 Å². The van der Waals surface area contributed by atoms with E-state index < -0.39 is 15.5 Å². The maximum Gasteiger partial charge on any atom is 0.263 e. The van der Waals surface area contributed by atoms with Gasteiger partial charge in [-0.15, -0.1) is 0 Å². The maximum atomic E-state index is 12.3. The van der Waals surface area contributed by atoms with Crippen molar-refractivity contribution in [2.24, 2.45) is 0 Å². The highest BCUT2D eigenvalue weighted by molar-refractivity contribution is 8.13. The topological polar surface area (TPSA) is 34.1 Å². The predicted octanol–water partition coefficient (Wildman–Crippen LogP) is 2.86. The van der Waals surface area contributed by atoms with Crippen LogP contribution < -0.4 is 0 Å². The first-order valence-corrected chi connectivity index (χ1v) is 5.96. The van der Waals surface area contributed by atoms with Crippen LogP contribution in [0, 0.1) is 6.92 Å². The molecular weight excluding hydrogens is 234 g/mol. The molecule has 0 amide bonds. The molecule has 0 aliphatic heterocycles. The van der Waals surface area contributed by atoms with Crippen molar-refractivity contribution in [3.63, 3.8) is 0 Å². The zero-order chi connectivity index (χ0) is 10.9. The summed E-state index contributed by atoms with van der Waals surface area (Å²) in [6.45, 7) is 1.53. The van der Waals surface area contributed by atoms with E-state index in [4.69, 9.17) is 10.7 Å². The Balaban J connectivity index is 3.35. The van der Waals surface area contributed by atoms with Gasteiger partial charge in [0.1, 0.15) is 0 Å². The fourth-order valence-electron chi connectivity index (χ4n) is 1.04. The van der Waals surface area contributed by atoms with Crippen molar-refractivity contribution in [3.05, 3.63) is 29.3 Å². The normalized spacial score (nSPS) is 12.1. The van der Waals surface area contributed by atoms with Gasteiger partial charge in [-0.25, -0.2) is 17.2 Å². The fraction of sp³-hybridized carbons (Fsp3) is 0.250. The first-order chi connectivity index (χ1) is 6.30. The average molecular weight is 241 g/mol. The van der Waals surface area contributed by atoms with Gasteiger partial charge in [-0.1, -0.05) is 6.07 Å².